The first-order valence-electron chi connectivity index (χ1n) is 8.28. The lowest BCUT2D eigenvalue weighted by atomic mass is 10.1. The standard InChI is InChI=1S/C21H14O6S/c22-15-6-9-17(10-7-15)28(24,25)27-16-8-11-18-20(12-16)26-13-19(21(18)23)14-4-2-1-3-5-14/h1-13,22H. The molecule has 0 fully saturated rings. The lowest BCUT2D eigenvalue weighted by molar-refractivity contribution is 0.473. The SMILES string of the molecule is O=c1c(-c2ccccc2)coc2cc(OS(=O)(=O)c3ccc(O)cc3)ccc12. The number of benzene rings is 3. The van der Waals surface area contributed by atoms with Crippen LogP contribution >= 0.6 is 0 Å². The summed E-state index contributed by atoms with van der Waals surface area (Å²) in [6.07, 6.45) is 1.35. The molecule has 0 spiro atoms. The van der Waals surface area contributed by atoms with Crippen LogP contribution in [0.5, 0.6) is 11.5 Å². The normalized spacial score (nSPS) is 11.4. The fraction of sp³-hybridized carbons (Fsp3) is 0. The molecule has 0 atom stereocenters. The van der Waals surface area contributed by atoms with Gasteiger partial charge in [-0.05, 0) is 42.0 Å². The van der Waals surface area contributed by atoms with Crippen molar-refractivity contribution < 1.29 is 22.1 Å². The molecule has 0 unspecified atom stereocenters. The second-order valence-electron chi connectivity index (χ2n) is 6.03. The van der Waals surface area contributed by atoms with Gasteiger partial charge in [-0.3, -0.25) is 4.79 Å². The Labute approximate surface area is 160 Å². The summed E-state index contributed by atoms with van der Waals surface area (Å²) in [5, 5.41) is 9.60. The molecule has 4 aromatic rings. The van der Waals surface area contributed by atoms with E-state index in [9.17, 15) is 18.3 Å². The van der Waals surface area contributed by atoms with Crippen LogP contribution < -0.4 is 9.61 Å². The van der Waals surface area contributed by atoms with Gasteiger partial charge in [-0.25, -0.2) is 0 Å². The third kappa shape index (κ3) is 3.35. The van der Waals surface area contributed by atoms with Crippen molar-refractivity contribution in [3.05, 3.63) is 89.3 Å². The average Bonchev–Trinajstić information content (AvgIpc) is 2.69. The van der Waals surface area contributed by atoms with Crippen molar-refractivity contribution in [1.82, 2.24) is 0 Å². The van der Waals surface area contributed by atoms with Gasteiger partial charge >= 0.3 is 10.1 Å². The Balaban J connectivity index is 1.71. The number of hydrogen-bond donors (Lipinski definition) is 1. The minimum atomic E-state index is -4.09. The monoisotopic (exact) mass is 394 g/mol. The molecule has 0 amide bonds. The highest BCUT2D eigenvalue weighted by atomic mass is 32.2. The van der Waals surface area contributed by atoms with Crippen LogP contribution in [0.25, 0.3) is 22.1 Å². The van der Waals surface area contributed by atoms with E-state index in [1.54, 1.807) is 12.1 Å². The van der Waals surface area contributed by atoms with Gasteiger partial charge in [0, 0.05) is 6.07 Å². The molecule has 0 radical (unpaired) electrons. The summed E-state index contributed by atoms with van der Waals surface area (Å²) in [4.78, 5) is 12.6. The van der Waals surface area contributed by atoms with Gasteiger partial charge in [0.15, 0.2) is 5.43 Å². The summed E-state index contributed by atoms with van der Waals surface area (Å²) in [6.45, 7) is 0. The van der Waals surface area contributed by atoms with E-state index in [0.29, 0.717) is 10.9 Å². The molecule has 0 bridgehead atoms. The van der Waals surface area contributed by atoms with Gasteiger partial charge in [0.25, 0.3) is 0 Å². The Kier molecular flexibility index (Phi) is 4.37. The van der Waals surface area contributed by atoms with E-state index in [1.165, 1.54) is 48.7 Å². The maximum Gasteiger partial charge on any atom is 0.339 e. The summed E-state index contributed by atoms with van der Waals surface area (Å²) < 4.78 is 35.4. The lowest BCUT2D eigenvalue weighted by Gasteiger charge is -2.08. The van der Waals surface area contributed by atoms with Gasteiger partial charge in [0.05, 0.1) is 10.9 Å². The largest absolute Gasteiger partial charge is 0.508 e. The molecular formula is C21H14O6S. The molecular weight excluding hydrogens is 380 g/mol. The van der Waals surface area contributed by atoms with E-state index < -0.39 is 10.1 Å². The molecule has 1 aromatic heterocycles. The first-order chi connectivity index (χ1) is 13.4. The molecule has 0 aliphatic carbocycles. The second kappa shape index (κ2) is 6.86. The molecule has 28 heavy (non-hydrogen) atoms. The highest BCUT2D eigenvalue weighted by Crippen LogP contribution is 2.25. The summed E-state index contributed by atoms with van der Waals surface area (Å²) >= 11 is 0. The minimum absolute atomic E-state index is 0.0104. The number of aromatic hydroxyl groups is 1. The maximum atomic E-state index is 12.7. The van der Waals surface area contributed by atoms with Crippen LogP contribution in [0, 0.1) is 0 Å². The molecule has 0 aliphatic rings. The predicted octanol–water partition coefficient (Wildman–Crippen LogP) is 3.93. The zero-order valence-corrected chi connectivity index (χ0v) is 15.2. The van der Waals surface area contributed by atoms with Crippen molar-refractivity contribution >= 4 is 21.1 Å². The molecule has 7 heteroatoms. The predicted molar refractivity (Wildman–Crippen MR) is 104 cm³/mol. The molecule has 0 saturated carbocycles. The van der Waals surface area contributed by atoms with Crippen molar-refractivity contribution in [2.75, 3.05) is 0 Å². The van der Waals surface area contributed by atoms with E-state index in [-0.39, 0.29) is 27.4 Å². The summed E-state index contributed by atoms with van der Waals surface area (Å²) in [6, 6.07) is 18.3. The fourth-order valence-electron chi connectivity index (χ4n) is 2.77. The van der Waals surface area contributed by atoms with E-state index in [0.717, 1.165) is 5.56 Å². The summed E-state index contributed by atoms with van der Waals surface area (Å²) in [5.41, 5.74) is 1.13. The summed E-state index contributed by atoms with van der Waals surface area (Å²) in [7, 11) is -4.09. The number of hydrogen-bond acceptors (Lipinski definition) is 6. The van der Waals surface area contributed by atoms with Gasteiger partial charge in [-0.1, -0.05) is 30.3 Å². The van der Waals surface area contributed by atoms with Gasteiger partial charge in [-0.15, -0.1) is 0 Å². The van der Waals surface area contributed by atoms with Crippen LogP contribution in [0.15, 0.2) is 93.2 Å². The van der Waals surface area contributed by atoms with Gasteiger partial charge < -0.3 is 13.7 Å². The zero-order valence-electron chi connectivity index (χ0n) is 14.4. The molecule has 4 rings (SSSR count). The van der Waals surface area contributed by atoms with Gasteiger partial charge in [0.1, 0.15) is 28.2 Å². The highest BCUT2D eigenvalue weighted by molar-refractivity contribution is 7.87. The van der Waals surface area contributed by atoms with Crippen molar-refractivity contribution in [2.45, 2.75) is 4.90 Å². The minimum Gasteiger partial charge on any atom is -0.508 e. The lowest BCUT2D eigenvalue weighted by Crippen LogP contribution is -2.10. The molecule has 1 N–H and O–H groups in total. The van der Waals surface area contributed by atoms with Gasteiger partial charge in [0.2, 0.25) is 0 Å². The van der Waals surface area contributed by atoms with E-state index in [4.69, 9.17) is 8.60 Å². The van der Waals surface area contributed by atoms with Crippen molar-refractivity contribution in [3.63, 3.8) is 0 Å². The van der Waals surface area contributed by atoms with Crippen LogP contribution in [0.2, 0.25) is 0 Å². The Morgan fingerprint density at radius 1 is 0.893 bits per heavy atom. The number of rotatable bonds is 4. The highest BCUT2D eigenvalue weighted by Gasteiger charge is 2.18. The van der Waals surface area contributed by atoms with E-state index in [1.807, 2.05) is 18.2 Å². The molecule has 0 aliphatic heterocycles. The molecule has 1 heterocycles. The van der Waals surface area contributed by atoms with Crippen LogP contribution in [0.3, 0.4) is 0 Å². The third-order valence-electron chi connectivity index (χ3n) is 4.16. The van der Waals surface area contributed by atoms with E-state index in [2.05, 4.69) is 0 Å². The second-order valence-corrected chi connectivity index (χ2v) is 7.58. The first kappa shape index (κ1) is 17.8. The van der Waals surface area contributed by atoms with Crippen LogP contribution in [0.4, 0.5) is 0 Å². The zero-order chi connectivity index (χ0) is 19.7. The van der Waals surface area contributed by atoms with Crippen molar-refractivity contribution in [2.24, 2.45) is 0 Å². The first-order valence-corrected chi connectivity index (χ1v) is 9.69. The van der Waals surface area contributed by atoms with Crippen molar-refractivity contribution in [1.29, 1.82) is 0 Å². The van der Waals surface area contributed by atoms with Crippen molar-refractivity contribution in [3.8, 4) is 22.6 Å². The Morgan fingerprint density at radius 3 is 2.32 bits per heavy atom. The molecule has 3 aromatic carbocycles. The van der Waals surface area contributed by atoms with Crippen LogP contribution in [-0.2, 0) is 10.1 Å². The van der Waals surface area contributed by atoms with Crippen LogP contribution in [0.1, 0.15) is 0 Å². The summed E-state index contributed by atoms with van der Waals surface area (Å²) in [5.74, 6) is -0.0446. The molecule has 0 saturated heterocycles. The third-order valence-corrected chi connectivity index (χ3v) is 5.42. The smallest absolute Gasteiger partial charge is 0.339 e. The fourth-order valence-corrected chi connectivity index (χ4v) is 3.69. The Bertz CT molecular complexity index is 1310. The number of fused-ring (bicyclic) bond motifs is 1. The molecule has 6 nitrogen and oxygen atoms in total. The molecule has 140 valence electrons. The quantitative estimate of drug-likeness (QED) is 0.527. The van der Waals surface area contributed by atoms with Crippen LogP contribution in [-0.4, -0.2) is 13.5 Å². The maximum absolute atomic E-state index is 12.7. The number of phenolic OH excluding ortho intramolecular Hbond substituents is 1. The Hall–Kier alpha value is -3.58. The number of phenols is 1. The van der Waals surface area contributed by atoms with Gasteiger partial charge in [-0.2, -0.15) is 8.42 Å². The topological polar surface area (TPSA) is 93.8 Å². The Morgan fingerprint density at radius 2 is 1.61 bits per heavy atom. The van der Waals surface area contributed by atoms with E-state index >= 15 is 0 Å². The average molecular weight is 394 g/mol.